The van der Waals surface area contributed by atoms with Gasteiger partial charge in [-0.05, 0) is 6.42 Å². The molecule has 1 aromatic heterocycles. The fraction of sp³-hybridized carbons (Fsp3) is 0.692. The summed E-state index contributed by atoms with van der Waals surface area (Å²) >= 11 is 0. The van der Waals surface area contributed by atoms with Crippen molar-refractivity contribution in [2.24, 2.45) is 5.73 Å². The number of nitrogens with two attached hydrogens (primary N) is 1. The number of hydrogen-bond donors (Lipinski definition) is 1. The van der Waals surface area contributed by atoms with Crippen molar-refractivity contribution in [3.05, 3.63) is 12.4 Å². The molecule has 0 spiro atoms. The van der Waals surface area contributed by atoms with E-state index < -0.39 is 0 Å². The van der Waals surface area contributed by atoms with E-state index in [1.807, 2.05) is 0 Å². The molecule has 106 valence electrons. The van der Waals surface area contributed by atoms with Gasteiger partial charge < -0.3 is 15.4 Å². The highest BCUT2D eigenvalue weighted by molar-refractivity contribution is 5.38. The van der Waals surface area contributed by atoms with E-state index in [1.54, 1.807) is 12.4 Å². The predicted octanol–water partition coefficient (Wildman–Crippen LogP) is 0.346. The van der Waals surface area contributed by atoms with E-state index in [0.29, 0.717) is 12.5 Å². The van der Waals surface area contributed by atoms with Crippen LogP contribution in [0.3, 0.4) is 0 Å². The predicted molar refractivity (Wildman–Crippen MR) is 75.5 cm³/mol. The lowest BCUT2D eigenvalue weighted by Crippen LogP contribution is -2.48. The minimum absolute atomic E-state index is 0.615. The average molecular weight is 265 g/mol. The molecule has 1 aromatic rings. The van der Waals surface area contributed by atoms with Crippen LogP contribution in [-0.2, 0) is 0 Å². The lowest BCUT2D eigenvalue weighted by molar-refractivity contribution is 0.263. The summed E-state index contributed by atoms with van der Waals surface area (Å²) in [5.41, 5.74) is 5.58. The van der Waals surface area contributed by atoms with Gasteiger partial charge in [-0.2, -0.15) is 4.98 Å². The summed E-state index contributed by atoms with van der Waals surface area (Å²) in [6.07, 6.45) is 4.45. The van der Waals surface area contributed by atoms with Crippen molar-refractivity contribution in [3.63, 3.8) is 0 Å². The normalized spacial score (nSPS) is 16.6. The number of rotatable bonds is 6. The summed E-state index contributed by atoms with van der Waals surface area (Å²) in [4.78, 5) is 13.3. The maximum Gasteiger partial charge on any atom is 0.234 e. The molecule has 0 aromatic carbocycles. The van der Waals surface area contributed by atoms with Gasteiger partial charge in [-0.15, -0.1) is 0 Å². The van der Waals surface area contributed by atoms with Gasteiger partial charge in [0.2, 0.25) is 5.88 Å². The average Bonchev–Trinajstić information content (AvgIpc) is 2.46. The summed E-state index contributed by atoms with van der Waals surface area (Å²) in [5.74, 6) is 1.52. The topological polar surface area (TPSA) is 67.5 Å². The Bertz CT molecular complexity index is 379. The first-order valence-corrected chi connectivity index (χ1v) is 6.95. The molecule has 0 radical (unpaired) electrons. The van der Waals surface area contributed by atoms with Gasteiger partial charge in [0.05, 0.1) is 19.0 Å². The first-order chi connectivity index (χ1) is 9.33. The van der Waals surface area contributed by atoms with E-state index >= 15 is 0 Å². The number of nitrogens with zero attached hydrogens (tertiary/aromatic N) is 4. The Morgan fingerprint density at radius 1 is 1.26 bits per heavy atom. The molecule has 2 heterocycles. The third kappa shape index (κ3) is 4.04. The second kappa shape index (κ2) is 7.25. The van der Waals surface area contributed by atoms with Crippen molar-refractivity contribution >= 4 is 5.82 Å². The number of anilines is 1. The molecule has 1 aliphatic heterocycles. The standard InChI is InChI=1S/C13H23N5O/c1-2-9-19-13-11-15-10-12(16-13)18-7-5-17(4-3-14)6-8-18/h10-11H,2-9,14H2,1H3. The Kier molecular flexibility index (Phi) is 5.35. The molecule has 0 bridgehead atoms. The molecular formula is C13H23N5O. The Labute approximate surface area is 114 Å². The molecule has 6 heteroatoms. The van der Waals surface area contributed by atoms with E-state index in [-0.39, 0.29) is 0 Å². The third-order valence-electron chi connectivity index (χ3n) is 3.20. The molecule has 2 rings (SSSR count). The van der Waals surface area contributed by atoms with E-state index in [4.69, 9.17) is 10.5 Å². The lowest BCUT2D eigenvalue weighted by Gasteiger charge is -2.35. The lowest BCUT2D eigenvalue weighted by atomic mass is 10.3. The SMILES string of the molecule is CCCOc1cncc(N2CCN(CCN)CC2)n1. The summed E-state index contributed by atoms with van der Waals surface area (Å²) in [7, 11) is 0. The van der Waals surface area contributed by atoms with Gasteiger partial charge in [-0.3, -0.25) is 9.88 Å². The van der Waals surface area contributed by atoms with Crippen LogP contribution < -0.4 is 15.4 Å². The molecule has 0 atom stereocenters. The summed E-state index contributed by atoms with van der Waals surface area (Å²) in [5, 5.41) is 0. The Hall–Kier alpha value is -1.40. The highest BCUT2D eigenvalue weighted by Gasteiger charge is 2.17. The molecule has 6 nitrogen and oxygen atoms in total. The van der Waals surface area contributed by atoms with Gasteiger partial charge in [0, 0.05) is 39.3 Å². The third-order valence-corrected chi connectivity index (χ3v) is 3.20. The van der Waals surface area contributed by atoms with Crippen LogP contribution >= 0.6 is 0 Å². The molecule has 0 saturated carbocycles. The monoisotopic (exact) mass is 265 g/mol. The zero-order valence-corrected chi connectivity index (χ0v) is 11.6. The van der Waals surface area contributed by atoms with Crippen molar-refractivity contribution in [2.75, 3.05) is 50.8 Å². The first-order valence-electron chi connectivity index (χ1n) is 6.95. The van der Waals surface area contributed by atoms with Crippen LogP contribution in [0.2, 0.25) is 0 Å². The number of aromatic nitrogens is 2. The minimum atomic E-state index is 0.615. The van der Waals surface area contributed by atoms with Crippen LogP contribution in [0.25, 0.3) is 0 Å². The molecule has 1 aliphatic rings. The van der Waals surface area contributed by atoms with Gasteiger partial charge in [0.25, 0.3) is 0 Å². The van der Waals surface area contributed by atoms with E-state index in [9.17, 15) is 0 Å². The van der Waals surface area contributed by atoms with E-state index in [2.05, 4.69) is 26.7 Å². The van der Waals surface area contributed by atoms with Crippen LogP contribution in [0.5, 0.6) is 5.88 Å². The van der Waals surface area contributed by atoms with Crippen molar-refractivity contribution in [1.82, 2.24) is 14.9 Å². The fourth-order valence-corrected chi connectivity index (χ4v) is 2.15. The molecule has 0 unspecified atom stereocenters. The van der Waals surface area contributed by atoms with Crippen LogP contribution in [0.1, 0.15) is 13.3 Å². The van der Waals surface area contributed by atoms with Crippen molar-refractivity contribution < 1.29 is 4.74 Å². The highest BCUT2D eigenvalue weighted by Crippen LogP contribution is 2.16. The van der Waals surface area contributed by atoms with Gasteiger partial charge in [0.15, 0.2) is 5.82 Å². The Morgan fingerprint density at radius 3 is 2.74 bits per heavy atom. The van der Waals surface area contributed by atoms with Crippen LogP contribution in [0, 0.1) is 0 Å². The maximum atomic E-state index is 5.58. The summed E-state index contributed by atoms with van der Waals surface area (Å²) < 4.78 is 5.52. The van der Waals surface area contributed by atoms with E-state index in [0.717, 1.165) is 51.5 Å². The molecular weight excluding hydrogens is 242 g/mol. The number of hydrogen-bond acceptors (Lipinski definition) is 6. The largest absolute Gasteiger partial charge is 0.477 e. The maximum absolute atomic E-state index is 5.58. The van der Waals surface area contributed by atoms with Crippen molar-refractivity contribution in [3.8, 4) is 5.88 Å². The zero-order valence-electron chi connectivity index (χ0n) is 11.6. The van der Waals surface area contributed by atoms with Crippen LogP contribution in [-0.4, -0.2) is 60.7 Å². The number of ether oxygens (including phenoxy) is 1. The van der Waals surface area contributed by atoms with Gasteiger partial charge in [-0.1, -0.05) is 6.92 Å². The minimum Gasteiger partial charge on any atom is -0.477 e. The second-order valence-corrected chi connectivity index (χ2v) is 4.68. The summed E-state index contributed by atoms with van der Waals surface area (Å²) in [6, 6.07) is 0. The summed E-state index contributed by atoms with van der Waals surface area (Å²) in [6.45, 7) is 8.44. The van der Waals surface area contributed by atoms with E-state index in [1.165, 1.54) is 0 Å². The zero-order chi connectivity index (χ0) is 13.5. The molecule has 1 fully saturated rings. The highest BCUT2D eigenvalue weighted by atomic mass is 16.5. The van der Waals surface area contributed by atoms with Gasteiger partial charge in [-0.25, -0.2) is 0 Å². The smallest absolute Gasteiger partial charge is 0.234 e. The quantitative estimate of drug-likeness (QED) is 0.800. The van der Waals surface area contributed by atoms with Crippen molar-refractivity contribution in [1.29, 1.82) is 0 Å². The molecule has 0 amide bonds. The molecule has 19 heavy (non-hydrogen) atoms. The van der Waals surface area contributed by atoms with Crippen LogP contribution in [0.4, 0.5) is 5.82 Å². The number of piperazine rings is 1. The second-order valence-electron chi connectivity index (χ2n) is 4.68. The Morgan fingerprint density at radius 2 is 2.05 bits per heavy atom. The molecule has 2 N–H and O–H groups in total. The molecule has 1 saturated heterocycles. The van der Waals surface area contributed by atoms with Gasteiger partial charge >= 0.3 is 0 Å². The molecule has 0 aliphatic carbocycles. The Balaban J connectivity index is 1.91. The fourth-order valence-electron chi connectivity index (χ4n) is 2.15. The van der Waals surface area contributed by atoms with Crippen molar-refractivity contribution in [2.45, 2.75) is 13.3 Å². The van der Waals surface area contributed by atoms with Crippen LogP contribution in [0.15, 0.2) is 12.4 Å². The first kappa shape index (κ1) is 14.0. The van der Waals surface area contributed by atoms with Gasteiger partial charge in [0.1, 0.15) is 0 Å².